The van der Waals surface area contributed by atoms with Crippen molar-refractivity contribution in [1.82, 2.24) is 0 Å². The van der Waals surface area contributed by atoms with E-state index in [0.717, 1.165) is 52.4 Å². The van der Waals surface area contributed by atoms with Crippen LogP contribution in [0, 0.1) is 0 Å². The summed E-state index contributed by atoms with van der Waals surface area (Å²) in [4.78, 5) is 0. The van der Waals surface area contributed by atoms with E-state index in [0.29, 0.717) is 0 Å². The van der Waals surface area contributed by atoms with Crippen LogP contribution in [0.2, 0.25) is 0 Å². The van der Waals surface area contributed by atoms with Crippen LogP contribution in [0.15, 0.2) is 48.6 Å². The van der Waals surface area contributed by atoms with Gasteiger partial charge in [-0.3, -0.25) is 0 Å². The molecule has 0 bridgehead atoms. The molecule has 4 rings (SSSR count). The fraction of sp³-hybridized carbons (Fsp3) is 0.364. The predicted octanol–water partition coefficient (Wildman–Crippen LogP) is 4.79. The summed E-state index contributed by atoms with van der Waals surface area (Å²) in [5.74, 6) is 2.41. The molecule has 4 nitrogen and oxygen atoms in total. The molecule has 3 unspecified atom stereocenters. The van der Waals surface area contributed by atoms with Crippen molar-refractivity contribution in [2.24, 2.45) is 0 Å². The third kappa shape index (κ3) is 2.74. The Kier molecular flexibility index (Phi) is 4.37. The molecular formula is C22H24O4. The smallest absolute Gasteiger partial charge is 0.136 e. The molecule has 4 heteroatoms. The average Bonchev–Trinajstić information content (AvgIpc) is 3.11. The Labute approximate surface area is 154 Å². The molecule has 2 heterocycles. The van der Waals surface area contributed by atoms with Gasteiger partial charge in [0.25, 0.3) is 0 Å². The molecule has 2 aliphatic heterocycles. The van der Waals surface area contributed by atoms with Crippen LogP contribution < -0.4 is 14.2 Å². The molecule has 0 aliphatic carbocycles. The zero-order valence-electron chi connectivity index (χ0n) is 15.5. The number of ether oxygens (including phenoxy) is 4. The number of fused-ring (bicyclic) bond motifs is 3. The zero-order valence-corrected chi connectivity index (χ0v) is 15.5. The highest BCUT2D eigenvalue weighted by atomic mass is 16.5. The van der Waals surface area contributed by atoms with Crippen molar-refractivity contribution in [1.29, 1.82) is 0 Å². The summed E-state index contributed by atoms with van der Waals surface area (Å²) in [5, 5.41) is 0. The number of benzene rings is 2. The van der Waals surface area contributed by atoms with Crippen LogP contribution in [0.1, 0.15) is 42.2 Å². The van der Waals surface area contributed by atoms with Crippen LogP contribution in [-0.4, -0.2) is 20.3 Å². The molecule has 0 amide bonds. The standard InChI is InChI=1S/C22H24O4/c1-13(2)16-10-15-18(25-16)12-20(24-4)21-19(23-3)11-17(26-22(15)21)14-8-6-5-7-9-14/h5-9,12,16-17,19H,1,10-11H2,2-4H3. The first-order chi connectivity index (χ1) is 12.6. The summed E-state index contributed by atoms with van der Waals surface area (Å²) in [6.45, 7) is 6.04. The van der Waals surface area contributed by atoms with Gasteiger partial charge in [0.2, 0.25) is 0 Å². The van der Waals surface area contributed by atoms with Gasteiger partial charge in [-0.05, 0) is 18.1 Å². The highest BCUT2D eigenvalue weighted by Gasteiger charge is 2.38. The topological polar surface area (TPSA) is 36.9 Å². The maximum atomic E-state index is 6.49. The van der Waals surface area contributed by atoms with E-state index in [4.69, 9.17) is 18.9 Å². The molecular weight excluding hydrogens is 328 g/mol. The molecule has 26 heavy (non-hydrogen) atoms. The largest absolute Gasteiger partial charge is 0.496 e. The van der Waals surface area contributed by atoms with Crippen LogP contribution in [-0.2, 0) is 11.2 Å². The Balaban J connectivity index is 1.82. The Hall–Kier alpha value is -2.46. The Morgan fingerprint density at radius 3 is 2.58 bits per heavy atom. The average molecular weight is 352 g/mol. The van der Waals surface area contributed by atoms with Gasteiger partial charge in [-0.15, -0.1) is 0 Å². The van der Waals surface area contributed by atoms with Gasteiger partial charge in [0.05, 0.1) is 18.8 Å². The van der Waals surface area contributed by atoms with E-state index in [2.05, 4.69) is 18.7 Å². The fourth-order valence-corrected chi connectivity index (χ4v) is 3.82. The summed E-state index contributed by atoms with van der Waals surface area (Å²) < 4.78 is 24.1. The number of rotatable bonds is 4. The second-order valence-electron chi connectivity index (χ2n) is 6.93. The second-order valence-corrected chi connectivity index (χ2v) is 6.93. The first kappa shape index (κ1) is 17.0. The second kappa shape index (κ2) is 6.69. The molecule has 0 radical (unpaired) electrons. The van der Waals surface area contributed by atoms with Gasteiger partial charge in [-0.25, -0.2) is 0 Å². The lowest BCUT2D eigenvalue weighted by atomic mass is 9.91. The number of methoxy groups -OCH3 is 2. The molecule has 0 N–H and O–H groups in total. The van der Waals surface area contributed by atoms with E-state index in [1.165, 1.54) is 0 Å². The van der Waals surface area contributed by atoms with Gasteiger partial charge in [0.15, 0.2) is 0 Å². The SMILES string of the molecule is C=C(C)C1Cc2c(cc(OC)c3c2OC(c2ccccc2)CC3OC)O1. The fourth-order valence-electron chi connectivity index (χ4n) is 3.82. The van der Waals surface area contributed by atoms with Crippen LogP contribution >= 0.6 is 0 Å². The molecule has 0 aromatic heterocycles. The molecule has 0 spiro atoms. The molecule has 2 aromatic rings. The molecule has 0 saturated carbocycles. The van der Waals surface area contributed by atoms with Crippen LogP contribution in [0.5, 0.6) is 17.2 Å². The summed E-state index contributed by atoms with van der Waals surface area (Å²) in [6, 6.07) is 12.2. The van der Waals surface area contributed by atoms with Crippen molar-refractivity contribution < 1.29 is 18.9 Å². The minimum absolute atomic E-state index is 0.0251. The third-order valence-corrected chi connectivity index (χ3v) is 5.24. The van der Waals surface area contributed by atoms with Crippen molar-refractivity contribution in [3.05, 3.63) is 65.2 Å². The summed E-state index contributed by atoms with van der Waals surface area (Å²) in [6.07, 6.45) is 1.33. The van der Waals surface area contributed by atoms with Gasteiger partial charge in [0.1, 0.15) is 29.5 Å². The Morgan fingerprint density at radius 2 is 1.92 bits per heavy atom. The normalized spacial score (nSPS) is 23.4. The van der Waals surface area contributed by atoms with Crippen molar-refractivity contribution in [2.75, 3.05) is 14.2 Å². The maximum absolute atomic E-state index is 6.49. The predicted molar refractivity (Wildman–Crippen MR) is 100 cm³/mol. The van der Waals surface area contributed by atoms with Gasteiger partial charge >= 0.3 is 0 Å². The molecule has 2 aromatic carbocycles. The van der Waals surface area contributed by atoms with Crippen LogP contribution in [0.25, 0.3) is 0 Å². The van der Waals surface area contributed by atoms with E-state index in [-0.39, 0.29) is 18.3 Å². The third-order valence-electron chi connectivity index (χ3n) is 5.24. The van der Waals surface area contributed by atoms with Crippen LogP contribution in [0.4, 0.5) is 0 Å². The Bertz CT molecular complexity index is 828. The highest BCUT2D eigenvalue weighted by molar-refractivity contribution is 5.61. The summed E-state index contributed by atoms with van der Waals surface area (Å²) in [5.41, 5.74) is 4.21. The lowest BCUT2D eigenvalue weighted by Gasteiger charge is -2.33. The van der Waals surface area contributed by atoms with E-state index < -0.39 is 0 Å². The van der Waals surface area contributed by atoms with Crippen LogP contribution in [0.3, 0.4) is 0 Å². The summed E-state index contributed by atoms with van der Waals surface area (Å²) in [7, 11) is 3.41. The molecule has 2 aliphatic rings. The van der Waals surface area contributed by atoms with Crippen molar-refractivity contribution >= 4 is 0 Å². The van der Waals surface area contributed by atoms with Crippen molar-refractivity contribution in [3.8, 4) is 17.2 Å². The zero-order chi connectivity index (χ0) is 18.3. The van der Waals surface area contributed by atoms with Gasteiger partial charge < -0.3 is 18.9 Å². The quantitative estimate of drug-likeness (QED) is 0.742. The minimum Gasteiger partial charge on any atom is -0.496 e. The van der Waals surface area contributed by atoms with E-state index >= 15 is 0 Å². The number of hydrogen-bond acceptors (Lipinski definition) is 4. The molecule has 0 fully saturated rings. The maximum Gasteiger partial charge on any atom is 0.136 e. The lowest BCUT2D eigenvalue weighted by molar-refractivity contribution is 0.0276. The van der Waals surface area contributed by atoms with Crippen molar-refractivity contribution in [2.45, 2.75) is 38.1 Å². The number of hydrogen-bond donors (Lipinski definition) is 0. The lowest BCUT2D eigenvalue weighted by Crippen LogP contribution is -2.22. The minimum atomic E-state index is -0.0897. The highest BCUT2D eigenvalue weighted by Crippen LogP contribution is 2.53. The first-order valence-electron chi connectivity index (χ1n) is 8.92. The van der Waals surface area contributed by atoms with E-state index in [1.807, 2.05) is 31.2 Å². The van der Waals surface area contributed by atoms with Gasteiger partial charge in [0, 0.05) is 31.6 Å². The summed E-state index contributed by atoms with van der Waals surface area (Å²) >= 11 is 0. The van der Waals surface area contributed by atoms with Gasteiger partial charge in [-0.2, -0.15) is 0 Å². The molecule has 3 atom stereocenters. The first-order valence-corrected chi connectivity index (χ1v) is 8.92. The van der Waals surface area contributed by atoms with Crippen molar-refractivity contribution in [3.63, 3.8) is 0 Å². The van der Waals surface area contributed by atoms with Gasteiger partial charge in [-0.1, -0.05) is 36.9 Å². The van der Waals surface area contributed by atoms with E-state index in [1.54, 1.807) is 14.2 Å². The molecule has 0 saturated heterocycles. The monoisotopic (exact) mass is 352 g/mol. The Morgan fingerprint density at radius 1 is 1.15 bits per heavy atom. The van der Waals surface area contributed by atoms with E-state index in [9.17, 15) is 0 Å². The molecule has 136 valence electrons.